The molecule has 1 aromatic rings. The number of halogens is 2. The monoisotopic (exact) mass is 329 g/mol. The molecule has 0 unspecified atom stereocenters. The lowest BCUT2D eigenvalue weighted by Crippen LogP contribution is -2.40. The van der Waals surface area contributed by atoms with Crippen LogP contribution < -0.4 is 15.4 Å². The summed E-state index contributed by atoms with van der Waals surface area (Å²) in [6, 6.07) is 3.22. The molecule has 0 spiro atoms. The highest BCUT2D eigenvalue weighted by Crippen LogP contribution is 2.17. The minimum Gasteiger partial charge on any atom is -0.489 e. The predicted molar refractivity (Wildman–Crippen MR) is 86.9 cm³/mol. The van der Waals surface area contributed by atoms with Crippen molar-refractivity contribution in [3.8, 4) is 5.75 Å². The summed E-state index contributed by atoms with van der Waals surface area (Å²) in [7, 11) is 1.64. The number of rotatable bonds is 8. The Morgan fingerprint density at radius 3 is 2.61 bits per heavy atom. The van der Waals surface area contributed by atoms with Gasteiger partial charge in [0.1, 0.15) is 12.4 Å². The van der Waals surface area contributed by atoms with Crippen molar-refractivity contribution in [3.63, 3.8) is 0 Å². The minimum atomic E-state index is -0.715. The first-order valence-corrected chi connectivity index (χ1v) is 7.53. The summed E-state index contributed by atoms with van der Waals surface area (Å²) in [5.74, 6) is -0.695. The molecule has 0 saturated carbocycles. The number of nitrogens with one attached hydrogen (secondary N) is 2. The number of guanidine groups is 1. The Kier molecular flexibility index (Phi) is 7.74. The molecule has 0 heterocycles. The van der Waals surface area contributed by atoms with Gasteiger partial charge in [0, 0.05) is 19.7 Å². The Balaban J connectivity index is 2.45. The SMILES string of the molecule is CCNC(=NCC(C)(C)OC)NCCOc1ccc(F)cc1F. The van der Waals surface area contributed by atoms with Crippen molar-refractivity contribution in [2.24, 2.45) is 4.99 Å². The van der Waals surface area contributed by atoms with Crippen LogP contribution in [0.2, 0.25) is 0 Å². The van der Waals surface area contributed by atoms with E-state index in [1.807, 2.05) is 20.8 Å². The molecule has 5 nitrogen and oxygen atoms in total. The highest BCUT2D eigenvalue weighted by molar-refractivity contribution is 5.79. The van der Waals surface area contributed by atoms with Crippen molar-refractivity contribution < 1.29 is 18.3 Å². The van der Waals surface area contributed by atoms with Crippen LogP contribution in [-0.4, -0.2) is 44.9 Å². The molecular weight excluding hydrogens is 304 g/mol. The molecule has 0 fully saturated rings. The fourth-order valence-corrected chi connectivity index (χ4v) is 1.60. The summed E-state index contributed by atoms with van der Waals surface area (Å²) < 4.78 is 36.8. The van der Waals surface area contributed by atoms with Gasteiger partial charge in [-0.15, -0.1) is 0 Å². The molecule has 0 radical (unpaired) electrons. The van der Waals surface area contributed by atoms with Crippen LogP contribution >= 0.6 is 0 Å². The van der Waals surface area contributed by atoms with Gasteiger partial charge in [0.15, 0.2) is 17.5 Å². The Morgan fingerprint density at radius 2 is 2.00 bits per heavy atom. The van der Waals surface area contributed by atoms with Crippen molar-refractivity contribution in [3.05, 3.63) is 29.8 Å². The van der Waals surface area contributed by atoms with Crippen molar-refractivity contribution in [2.75, 3.05) is 33.4 Å². The number of aliphatic imine (C=N–C) groups is 1. The highest BCUT2D eigenvalue weighted by Gasteiger charge is 2.15. The van der Waals surface area contributed by atoms with Crippen molar-refractivity contribution in [2.45, 2.75) is 26.4 Å². The van der Waals surface area contributed by atoms with Crippen molar-refractivity contribution in [1.82, 2.24) is 10.6 Å². The summed E-state index contributed by atoms with van der Waals surface area (Å²) in [6.07, 6.45) is 0. The van der Waals surface area contributed by atoms with Gasteiger partial charge in [0.2, 0.25) is 0 Å². The van der Waals surface area contributed by atoms with Crippen LogP contribution in [0.3, 0.4) is 0 Å². The maximum atomic E-state index is 13.4. The van der Waals surface area contributed by atoms with E-state index in [1.54, 1.807) is 7.11 Å². The Labute approximate surface area is 136 Å². The lowest BCUT2D eigenvalue weighted by Gasteiger charge is -2.21. The highest BCUT2D eigenvalue weighted by atomic mass is 19.1. The minimum absolute atomic E-state index is 0.0238. The average molecular weight is 329 g/mol. The molecule has 23 heavy (non-hydrogen) atoms. The fourth-order valence-electron chi connectivity index (χ4n) is 1.60. The van der Waals surface area contributed by atoms with Gasteiger partial charge < -0.3 is 20.1 Å². The largest absolute Gasteiger partial charge is 0.489 e. The lowest BCUT2D eigenvalue weighted by molar-refractivity contribution is 0.0310. The van der Waals surface area contributed by atoms with Gasteiger partial charge in [-0.2, -0.15) is 0 Å². The molecule has 7 heteroatoms. The molecule has 1 rings (SSSR count). The molecular formula is C16H25F2N3O2. The van der Waals surface area contributed by atoms with Crippen LogP contribution in [0.15, 0.2) is 23.2 Å². The van der Waals surface area contributed by atoms with E-state index in [2.05, 4.69) is 15.6 Å². The maximum absolute atomic E-state index is 13.4. The van der Waals surface area contributed by atoms with Gasteiger partial charge in [-0.3, -0.25) is 4.99 Å². The van der Waals surface area contributed by atoms with Gasteiger partial charge in [0.25, 0.3) is 0 Å². The summed E-state index contributed by atoms with van der Waals surface area (Å²) >= 11 is 0. The lowest BCUT2D eigenvalue weighted by atomic mass is 10.1. The maximum Gasteiger partial charge on any atom is 0.191 e. The number of hydrogen-bond donors (Lipinski definition) is 2. The smallest absolute Gasteiger partial charge is 0.191 e. The third kappa shape index (κ3) is 7.27. The molecule has 0 aliphatic rings. The zero-order chi connectivity index (χ0) is 17.3. The number of ether oxygens (including phenoxy) is 2. The van der Waals surface area contributed by atoms with E-state index in [4.69, 9.17) is 9.47 Å². The first-order valence-electron chi connectivity index (χ1n) is 7.53. The zero-order valence-electron chi connectivity index (χ0n) is 14.1. The van der Waals surface area contributed by atoms with Crippen LogP contribution in [0.4, 0.5) is 8.78 Å². The van der Waals surface area contributed by atoms with Crippen LogP contribution in [0.25, 0.3) is 0 Å². The fraction of sp³-hybridized carbons (Fsp3) is 0.562. The topological polar surface area (TPSA) is 54.9 Å². The third-order valence-corrected chi connectivity index (χ3v) is 3.06. The van der Waals surface area contributed by atoms with E-state index < -0.39 is 11.6 Å². The van der Waals surface area contributed by atoms with E-state index >= 15 is 0 Å². The predicted octanol–water partition coefficient (Wildman–Crippen LogP) is 2.32. The van der Waals surface area contributed by atoms with Gasteiger partial charge in [-0.1, -0.05) is 0 Å². The van der Waals surface area contributed by atoms with E-state index in [-0.39, 0.29) is 18.0 Å². The molecule has 0 bridgehead atoms. The van der Waals surface area contributed by atoms with Crippen LogP contribution in [0.1, 0.15) is 20.8 Å². The molecule has 130 valence electrons. The van der Waals surface area contributed by atoms with Gasteiger partial charge in [-0.05, 0) is 32.9 Å². The number of benzene rings is 1. The molecule has 0 atom stereocenters. The van der Waals surface area contributed by atoms with E-state index in [0.717, 1.165) is 12.1 Å². The average Bonchev–Trinajstić information content (AvgIpc) is 2.50. The molecule has 2 N–H and O–H groups in total. The van der Waals surface area contributed by atoms with Crippen molar-refractivity contribution >= 4 is 5.96 Å². The van der Waals surface area contributed by atoms with E-state index in [9.17, 15) is 8.78 Å². The molecule has 0 amide bonds. The first-order chi connectivity index (χ1) is 10.9. The van der Waals surface area contributed by atoms with Gasteiger partial charge in [0.05, 0.1) is 18.7 Å². The van der Waals surface area contributed by atoms with E-state index in [1.165, 1.54) is 6.07 Å². The normalized spacial score (nSPS) is 12.2. The second-order valence-corrected chi connectivity index (χ2v) is 5.51. The molecule has 0 aliphatic carbocycles. The summed E-state index contributed by atoms with van der Waals surface area (Å²) in [5, 5.41) is 6.18. The molecule has 0 saturated heterocycles. The zero-order valence-corrected chi connectivity index (χ0v) is 14.1. The van der Waals surface area contributed by atoms with E-state index in [0.29, 0.717) is 25.6 Å². The molecule has 0 aromatic heterocycles. The molecule has 1 aromatic carbocycles. The second-order valence-electron chi connectivity index (χ2n) is 5.51. The second kappa shape index (κ2) is 9.29. The van der Waals surface area contributed by atoms with Crippen molar-refractivity contribution in [1.29, 1.82) is 0 Å². The summed E-state index contributed by atoms with van der Waals surface area (Å²) in [5.41, 5.74) is -0.351. The number of hydrogen-bond acceptors (Lipinski definition) is 3. The quantitative estimate of drug-likeness (QED) is 0.437. The molecule has 0 aliphatic heterocycles. The standard InChI is InChI=1S/C16H25F2N3O2/c1-5-19-15(21-11-16(2,3)22-4)20-8-9-23-14-7-6-12(17)10-13(14)18/h6-7,10H,5,8-9,11H2,1-4H3,(H2,19,20,21). The third-order valence-electron chi connectivity index (χ3n) is 3.06. The Bertz CT molecular complexity index is 522. The van der Waals surface area contributed by atoms with Crippen LogP contribution in [0.5, 0.6) is 5.75 Å². The summed E-state index contributed by atoms with van der Waals surface area (Å²) in [6.45, 7) is 7.71. The van der Waals surface area contributed by atoms with Gasteiger partial charge >= 0.3 is 0 Å². The Hall–Kier alpha value is -1.89. The first kappa shape index (κ1) is 19.2. The van der Waals surface area contributed by atoms with Crippen LogP contribution in [-0.2, 0) is 4.74 Å². The Morgan fingerprint density at radius 1 is 1.26 bits per heavy atom. The summed E-state index contributed by atoms with van der Waals surface area (Å²) in [4.78, 5) is 4.42. The number of methoxy groups -OCH3 is 1. The van der Waals surface area contributed by atoms with Gasteiger partial charge in [-0.25, -0.2) is 8.78 Å². The number of nitrogens with zero attached hydrogens (tertiary/aromatic N) is 1. The van der Waals surface area contributed by atoms with Crippen LogP contribution in [0, 0.1) is 11.6 Å².